The predicted molar refractivity (Wildman–Crippen MR) is 121 cm³/mol. The minimum Gasteiger partial charge on any atom is -0.497 e. The quantitative estimate of drug-likeness (QED) is 0.514. The zero-order valence-electron chi connectivity index (χ0n) is 18.5. The normalized spacial score (nSPS) is 11.9. The van der Waals surface area contributed by atoms with E-state index in [1.807, 2.05) is 25.2 Å². The van der Waals surface area contributed by atoms with E-state index in [-0.39, 0.29) is 4.90 Å². The maximum absolute atomic E-state index is 11.7. The first-order valence-electron chi connectivity index (χ1n) is 10.2. The minimum atomic E-state index is -3.78. The number of aromatic nitrogens is 2. The molecule has 0 bridgehead atoms. The van der Waals surface area contributed by atoms with Gasteiger partial charge in [0.15, 0.2) is 0 Å². The number of primary sulfonamides is 1. The second-order valence-corrected chi connectivity index (χ2v) is 9.14. The zero-order chi connectivity index (χ0) is 22.6. The fourth-order valence-corrected chi connectivity index (χ4v) is 4.13. The van der Waals surface area contributed by atoms with Gasteiger partial charge < -0.3 is 14.0 Å². The van der Waals surface area contributed by atoms with E-state index in [0.29, 0.717) is 18.6 Å². The number of imidazole rings is 1. The van der Waals surface area contributed by atoms with Crippen LogP contribution in [0.1, 0.15) is 31.2 Å². The summed E-state index contributed by atoms with van der Waals surface area (Å²) in [6.07, 6.45) is 2.05. The van der Waals surface area contributed by atoms with Crippen LogP contribution in [0.2, 0.25) is 0 Å². The van der Waals surface area contributed by atoms with E-state index in [1.54, 1.807) is 26.4 Å². The number of hydrogen-bond donors (Lipinski definition) is 1. The van der Waals surface area contributed by atoms with Crippen LogP contribution in [-0.4, -0.2) is 44.1 Å². The maximum atomic E-state index is 11.7. The van der Waals surface area contributed by atoms with Crippen molar-refractivity contribution in [2.24, 2.45) is 5.14 Å². The average molecular weight is 447 g/mol. The Labute approximate surface area is 183 Å². The summed E-state index contributed by atoms with van der Waals surface area (Å²) in [4.78, 5) is 6.96. The van der Waals surface area contributed by atoms with Crippen molar-refractivity contribution in [3.05, 3.63) is 47.8 Å². The van der Waals surface area contributed by atoms with E-state index in [0.717, 1.165) is 47.8 Å². The number of fused-ring (bicyclic) bond motifs is 1. The first-order chi connectivity index (χ1) is 14.8. The molecular weight excluding hydrogens is 416 g/mol. The highest BCUT2D eigenvalue weighted by Crippen LogP contribution is 2.26. The lowest BCUT2D eigenvalue weighted by Gasteiger charge is -2.19. The molecule has 2 aromatic carbocycles. The molecule has 0 aliphatic carbocycles. The molecule has 0 saturated heterocycles. The summed E-state index contributed by atoms with van der Waals surface area (Å²) in [7, 11) is 1.51. The Hall–Kier alpha value is -2.62. The van der Waals surface area contributed by atoms with Gasteiger partial charge in [-0.1, -0.05) is 19.4 Å². The SMILES string of the molecule is CCCCn1c(CN(C)Cc2ccc(OC)cc2OC)nc2cc(S(N)(=O)=O)ccc21. The van der Waals surface area contributed by atoms with E-state index in [2.05, 4.69) is 16.4 Å². The molecule has 2 N–H and O–H groups in total. The highest BCUT2D eigenvalue weighted by molar-refractivity contribution is 7.89. The minimum absolute atomic E-state index is 0.0722. The summed E-state index contributed by atoms with van der Waals surface area (Å²) in [5.74, 6) is 2.39. The smallest absolute Gasteiger partial charge is 0.238 e. The van der Waals surface area contributed by atoms with Crippen molar-refractivity contribution in [3.63, 3.8) is 0 Å². The summed E-state index contributed by atoms with van der Waals surface area (Å²) in [5, 5.41) is 5.30. The van der Waals surface area contributed by atoms with Crippen LogP contribution >= 0.6 is 0 Å². The fourth-order valence-electron chi connectivity index (χ4n) is 3.59. The molecule has 1 aromatic heterocycles. The number of benzene rings is 2. The first kappa shape index (κ1) is 23.1. The number of methoxy groups -OCH3 is 2. The van der Waals surface area contributed by atoms with Gasteiger partial charge in [-0.3, -0.25) is 4.90 Å². The van der Waals surface area contributed by atoms with Gasteiger partial charge in [-0.05, 0) is 37.7 Å². The summed E-state index contributed by atoms with van der Waals surface area (Å²) in [6.45, 7) is 4.21. The van der Waals surface area contributed by atoms with Gasteiger partial charge in [0.1, 0.15) is 17.3 Å². The molecule has 0 aliphatic heterocycles. The van der Waals surface area contributed by atoms with Gasteiger partial charge in [-0.2, -0.15) is 0 Å². The van der Waals surface area contributed by atoms with Gasteiger partial charge in [0, 0.05) is 24.7 Å². The number of ether oxygens (including phenoxy) is 2. The molecule has 168 valence electrons. The topological polar surface area (TPSA) is 99.7 Å². The van der Waals surface area contributed by atoms with Crippen molar-refractivity contribution in [2.75, 3.05) is 21.3 Å². The number of aryl methyl sites for hydroxylation is 1. The van der Waals surface area contributed by atoms with Crippen molar-refractivity contribution < 1.29 is 17.9 Å². The van der Waals surface area contributed by atoms with Gasteiger partial charge in [0.2, 0.25) is 10.0 Å². The molecule has 0 spiro atoms. The molecule has 0 saturated carbocycles. The Balaban J connectivity index is 1.90. The van der Waals surface area contributed by atoms with Crippen molar-refractivity contribution in [1.29, 1.82) is 0 Å². The highest BCUT2D eigenvalue weighted by atomic mass is 32.2. The summed E-state index contributed by atoms with van der Waals surface area (Å²) < 4.78 is 36.4. The number of nitrogens with two attached hydrogens (primary N) is 1. The van der Waals surface area contributed by atoms with Crippen molar-refractivity contribution >= 4 is 21.1 Å². The third kappa shape index (κ3) is 5.36. The zero-order valence-corrected chi connectivity index (χ0v) is 19.3. The lowest BCUT2D eigenvalue weighted by atomic mass is 10.2. The van der Waals surface area contributed by atoms with Crippen molar-refractivity contribution in [2.45, 2.75) is 44.3 Å². The highest BCUT2D eigenvalue weighted by Gasteiger charge is 2.17. The van der Waals surface area contributed by atoms with Crippen molar-refractivity contribution in [3.8, 4) is 11.5 Å². The van der Waals surface area contributed by atoms with E-state index < -0.39 is 10.0 Å². The Morgan fingerprint density at radius 1 is 1.10 bits per heavy atom. The van der Waals surface area contributed by atoms with Crippen LogP contribution in [0.3, 0.4) is 0 Å². The third-order valence-corrected chi connectivity index (χ3v) is 6.12. The molecule has 0 atom stereocenters. The molecular formula is C22H30N4O4S. The van der Waals surface area contributed by atoms with Crippen LogP contribution < -0.4 is 14.6 Å². The Morgan fingerprint density at radius 2 is 1.87 bits per heavy atom. The summed E-state index contributed by atoms with van der Waals surface area (Å²) in [5.41, 5.74) is 2.58. The molecule has 9 heteroatoms. The fraction of sp³-hybridized carbons (Fsp3) is 0.409. The van der Waals surface area contributed by atoms with E-state index in [1.165, 1.54) is 6.07 Å². The molecule has 31 heavy (non-hydrogen) atoms. The molecule has 8 nitrogen and oxygen atoms in total. The van der Waals surface area contributed by atoms with E-state index >= 15 is 0 Å². The van der Waals surface area contributed by atoms with E-state index in [4.69, 9.17) is 19.6 Å². The summed E-state index contributed by atoms with van der Waals surface area (Å²) in [6, 6.07) is 10.6. The number of sulfonamides is 1. The Morgan fingerprint density at radius 3 is 2.52 bits per heavy atom. The molecule has 3 aromatic rings. The second kappa shape index (κ2) is 9.67. The average Bonchev–Trinajstić information content (AvgIpc) is 3.07. The number of unbranched alkanes of at least 4 members (excludes halogenated alkanes) is 1. The van der Waals surface area contributed by atoms with Crippen LogP contribution in [0.4, 0.5) is 0 Å². The second-order valence-electron chi connectivity index (χ2n) is 7.58. The molecule has 3 rings (SSSR count). The van der Waals surface area contributed by atoms with Crippen LogP contribution in [0.25, 0.3) is 11.0 Å². The largest absolute Gasteiger partial charge is 0.497 e. The van der Waals surface area contributed by atoms with Crippen molar-refractivity contribution in [1.82, 2.24) is 14.5 Å². The maximum Gasteiger partial charge on any atom is 0.238 e. The molecule has 0 amide bonds. The lowest BCUT2D eigenvalue weighted by molar-refractivity contribution is 0.297. The standard InChI is InChI=1S/C22H30N4O4S/c1-5-6-11-26-20-10-9-18(31(23,27)28)13-19(20)24-22(26)15-25(2)14-16-7-8-17(29-3)12-21(16)30-4/h7-10,12-13H,5-6,11,14-15H2,1-4H3,(H2,23,27,28). The Kier molecular flexibility index (Phi) is 7.19. The van der Waals surface area contributed by atoms with Crippen LogP contribution in [0.15, 0.2) is 41.3 Å². The van der Waals surface area contributed by atoms with Crippen LogP contribution in [-0.2, 0) is 29.7 Å². The van der Waals surface area contributed by atoms with Crippen LogP contribution in [0.5, 0.6) is 11.5 Å². The first-order valence-corrected chi connectivity index (χ1v) is 11.7. The number of nitrogens with zero attached hydrogens (tertiary/aromatic N) is 3. The van der Waals surface area contributed by atoms with E-state index in [9.17, 15) is 8.42 Å². The molecule has 1 heterocycles. The van der Waals surface area contributed by atoms with Gasteiger partial charge >= 0.3 is 0 Å². The lowest BCUT2D eigenvalue weighted by Crippen LogP contribution is -2.20. The van der Waals surface area contributed by atoms with Gasteiger partial charge in [0.05, 0.1) is 36.7 Å². The predicted octanol–water partition coefficient (Wildman–Crippen LogP) is 3.13. The number of rotatable bonds is 10. The van der Waals surface area contributed by atoms with Gasteiger partial charge in [0.25, 0.3) is 0 Å². The molecule has 0 fully saturated rings. The van der Waals surface area contributed by atoms with Crippen LogP contribution in [0, 0.1) is 0 Å². The number of hydrogen-bond acceptors (Lipinski definition) is 6. The van der Waals surface area contributed by atoms with Gasteiger partial charge in [-0.15, -0.1) is 0 Å². The Bertz CT molecular complexity index is 1160. The molecule has 0 radical (unpaired) electrons. The summed E-state index contributed by atoms with van der Waals surface area (Å²) >= 11 is 0. The molecule has 0 unspecified atom stereocenters. The third-order valence-electron chi connectivity index (χ3n) is 5.21. The van der Waals surface area contributed by atoms with Gasteiger partial charge in [-0.25, -0.2) is 18.5 Å². The molecule has 0 aliphatic rings. The monoisotopic (exact) mass is 446 g/mol.